The molecule has 1 fully saturated rings. The van der Waals surface area contributed by atoms with Crippen LogP contribution in [0.15, 0.2) is 11.0 Å². The number of nitrogens with zero attached hydrogens (tertiary/aromatic N) is 1. The fourth-order valence-corrected chi connectivity index (χ4v) is 6.87. The summed E-state index contributed by atoms with van der Waals surface area (Å²) < 4.78 is 27.7. The van der Waals surface area contributed by atoms with Gasteiger partial charge in [0, 0.05) is 16.8 Å². The number of nitrogens with one attached hydrogen (secondary N) is 1. The predicted octanol–water partition coefficient (Wildman–Crippen LogP) is 3.59. The molecule has 1 N–H and O–H groups in total. The lowest BCUT2D eigenvalue weighted by Gasteiger charge is -2.25. The number of hydrogen-bond acceptors (Lipinski definition) is 4. The number of carbonyl (C=O) groups excluding carboxylic acids is 1. The minimum Gasteiger partial charge on any atom is -0.352 e. The molecular weight excluding hydrogens is 403 g/mol. The molecule has 2 unspecified atom stereocenters. The third-order valence-electron chi connectivity index (χ3n) is 4.30. The van der Waals surface area contributed by atoms with E-state index in [0.29, 0.717) is 21.9 Å². The smallest absolute Gasteiger partial charge is 0.246 e. The Hall–Kier alpha value is -0.470. The number of benzene rings is 1. The van der Waals surface area contributed by atoms with Crippen LogP contribution in [-0.2, 0) is 14.8 Å². The zero-order chi connectivity index (χ0) is 18.9. The highest BCUT2D eigenvalue weighted by Crippen LogP contribution is 2.38. The number of rotatable bonds is 5. The standard InChI is InChI=1S/C16H22Cl2N2O3S2/c1-5-10(3)19-16(21)13-7-24-8-20(13)25(22,23)15-11(4)12(17)6-9(2)14(15)18/h6,10,13H,5,7-8H2,1-4H3,(H,19,21). The van der Waals surface area contributed by atoms with Crippen molar-refractivity contribution in [2.75, 3.05) is 11.6 Å². The maximum Gasteiger partial charge on any atom is 0.246 e. The van der Waals surface area contributed by atoms with Crippen LogP contribution in [0, 0.1) is 13.8 Å². The molecule has 1 aromatic rings. The van der Waals surface area contributed by atoms with E-state index in [4.69, 9.17) is 23.2 Å². The van der Waals surface area contributed by atoms with Gasteiger partial charge in [0.2, 0.25) is 15.9 Å². The topological polar surface area (TPSA) is 66.5 Å². The Morgan fingerprint density at radius 1 is 1.44 bits per heavy atom. The van der Waals surface area contributed by atoms with Crippen molar-refractivity contribution in [3.8, 4) is 0 Å². The second-order valence-electron chi connectivity index (χ2n) is 6.17. The van der Waals surface area contributed by atoms with E-state index in [0.717, 1.165) is 6.42 Å². The minimum atomic E-state index is -3.95. The van der Waals surface area contributed by atoms with Crippen LogP contribution in [0.5, 0.6) is 0 Å². The third-order valence-corrected chi connectivity index (χ3v) is 8.49. The molecule has 0 bridgehead atoms. The van der Waals surface area contributed by atoms with Crippen molar-refractivity contribution >= 4 is 50.9 Å². The third kappa shape index (κ3) is 4.11. The van der Waals surface area contributed by atoms with Gasteiger partial charge in [-0.15, -0.1) is 11.8 Å². The van der Waals surface area contributed by atoms with Crippen LogP contribution in [0.25, 0.3) is 0 Å². The molecule has 2 rings (SSSR count). The van der Waals surface area contributed by atoms with Gasteiger partial charge in [-0.2, -0.15) is 4.31 Å². The molecule has 0 spiro atoms. The van der Waals surface area contributed by atoms with Crippen LogP contribution >= 0.6 is 35.0 Å². The highest BCUT2D eigenvalue weighted by atomic mass is 35.5. The maximum atomic E-state index is 13.2. The Bertz CT molecular complexity index is 758. The Morgan fingerprint density at radius 3 is 2.68 bits per heavy atom. The van der Waals surface area contributed by atoms with Crippen molar-refractivity contribution in [2.24, 2.45) is 0 Å². The fourth-order valence-electron chi connectivity index (χ4n) is 2.55. The lowest BCUT2D eigenvalue weighted by Crippen LogP contribution is -2.49. The largest absolute Gasteiger partial charge is 0.352 e. The maximum absolute atomic E-state index is 13.2. The van der Waals surface area contributed by atoms with E-state index in [1.54, 1.807) is 19.9 Å². The Balaban J connectivity index is 2.44. The van der Waals surface area contributed by atoms with Gasteiger partial charge < -0.3 is 5.32 Å². The molecule has 1 amide bonds. The van der Waals surface area contributed by atoms with Crippen LogP contribution in [0.3, 0.4) is 0 Å². The molecule has 140 valence electrons. The fraction of sp³-hybridized carbons (Fsp3) is 0.562. The molecule has 0 aromatic heterocycles. The van der Waals surface area contributed by atoms with Gasteiger partial charge in [0.25, 0.3) is 0 Å². The first-order chi connectivity index (χ1) is 11.6. The van der Waals surface area contributed by atoms with Crippen LogP contribution < -0.4 is 5.32 Å². The van der Waals surface area contributed by atoms with Crippen molar-refractivity contribution in [1.29, 1.82) is 0 Å². The van der Waals surface area contributed by atoms with Crippen LogP contribution in [0.4, 0.5) is 0 Å². The van der Waals surface area contributed by atoms with Crippen molar-refractivity contribution in [3.05, 3.63) is 27.2 Å². The molecule has 9 heteroatoms. The number of halogens is 2. The van der Waals surface area contributed by atoms with Gasteiger partial charge in [0.1, 0.15) is 10.9 Å². The lowest BCUT2D eigenvalue weighted by atomic mass is 10.2. The second kappa shape index (κ2) is 8.05. The zero-order valence-electron chi connectivity index (χ0n) is 14.6. The normalized spacial score (nSPS) is 19.8. The number of carbonyl (C=O) groups is 1. The minimum absolute atomic E-state index is 0.0111. The van der Waals surface area contributed by atoms with E-state index in [9.17, 15) is 13.2 Å². The van der Waals surface area contributed by atoms with Crippen molar-refractivity contribution in [2.45, 2.75) is 51.1 Å². The molecule has 2 atom stereocenters. The average Bonchev–Trinajstić information content (AvgIpc) is 3.03. The van der Waals surface area contributed by atoms with Gasteiger partial charge in [0.15, 0.2) is 0 Å². The lowest BCUT2D eigenvalue weighted by molar-refractivity contribution is -0.124. The monoisotopic (exact) mass is 424 g/mol. The highest BCUT2D eigenvalue weighted by Gasteiger charge is 2.42. The molecule has 1 saturated heterocycles. The van der Waals surface area contributed by atoms with Gasteiger partial charge in [-0.05, 0) is 44.4 Å². The Kier molecular flexibility index (Phi) is 6.71. The van der Waals surface area contributed by atoms with E-state index in [1.807, 2.05) is 13.8 Å². The molecule has 0 saturated carbocycles. The van der Waals surface area contributed by atoms with Crippen LogP contribution in [-0.4, -0.2) is 42.3 Å². The average molecular weight is 425 g/mol. The molecule has 5 nitrogen and oxygen atoms in total. The van der Waals surface area contributed by atoms with Crippen LogP contribution in [0.2, 0.25) is 10.0 Å². The van der Waals surface area contributed by atoms with E-state index >= 15 is 0 Å². The first kappa shape index (κ1) is 20.8. The first-order valence-corrected chi connectivity index (χ1v) is 11.3. The second-order valence-corrected chi connectivity index (χ2v) is 9.78. The van der Waals surface area contributed by atoms with Crippen molar-refractivity contribution in [3.63, 3.8) is 0 Å². The summed E-state index contributed by atoms with van der Waals surface area (Å²) in [5, 5.41) is 3.35. The molecule has 1 aliphatic rings. The summed E-state index contributed by atoms with van der Waals surface area (Å²) in [5.41, 5.74) is 0.985. The predicted molar refractivity (Wildman–Crippen MR) is 104 cm³/mol. The van der Waals surface area contributed by atoms with Gasteiger partial charge >= 0.3 is 0 Å². The highest BCUT2D eigenvalue weighted by molar-refractivity contribution is 8.00. The number of aryl methyl sites for hydroxylation is 1. The number of amides is 1. The summed E-state index contributed by atoms with van der Waals surface area (Å²) in [6, 6.07) is 0.879. The first-order valence-electron chi connectivity index (χ1n) is 7.96. The van der Waals surface area contributed by atoms with Crippen molar-refractivity contribution in [1.82, 2.24) is 9.62 Å². The van der Waals surface area contributed by atoms with E-state index in [1.165, 1.54) is 16.1 Å². The summed E-state index contributed by atoms with van der Waals surface area (Å²) in [4.78, 5) is 12.5. The van der Waals surface area contributed by atoms with E-state index in [2.05, 4.69) is 5.32 Å². The molecule has 1 heterocycles. The Labute approximate surface area is 163 Å². The zero-order valence-corrected chi connectivity index (χ0v) is 17.7. The number of hydrogen-bond donors (Lipinski definition) is 1. The summed E-state index contributed by atoms with van der Waals surface area (Å²) in [6.45, 7) is 7.18. The number of thioether (sulfide) groups is 1. The van der Waals surface area contributed by atoms with E-state index in [-0.39, 0.29) is 27.7 Å². The molecule has 1 aromatic carbocycles. The SMILES string of the molecule is CCC(C)NC(=O)C1CSCN1S(=O)(=O)c1c(C)c(Cl)cc(C)c1Cl. The Morgan fingerprint density at radius 2 is 2.08 bits per heavy atom. The van der Waals surface area contributed by atoms with Gasteiger partial charge in [-0.25, -0.2) is 8.42 Å². The summed E-state index contributed by atoms with van der Waals surface area (Å²) in [7, 11) is -3.95. The quantitative estimate of drug-likeness (QED) is 0.783. The summed E-state index contributed by atoms with van der Waals surface area (Å²) in [5.74, 6) is 0.343. The molecule has 0 aliphatic carbocycles. The summed E-state index contributed by atoms with van der Waals surface area (Å²) in [6.07, 6.45) is 0.775. The molecule has 0 radical (unpaired) electrons. The van der Waals surface area contributed by atoms with E-state index < -0.39 is 16.1 Å². The molecule has 1 aliphatic heterocycles. The number of sulfonamides is 1. The molecular formula is C16H22Cl2N2O3S2. The molecule has 25 heavy (non-hydrogen) atoms. The van der Waals surface area contributed by atoms with Gasteiger partial charge in [-0.3, -0.25) is 4.79 Å². The van der Waals surface area contributed by atoms with Gasteiger partial charge in [0.05, 0.1) is 10.9 Å². The summed E-state index contributed by atoms with van der Waals surface area (Å²) >= 11 is 13.9. The van der Waals surface area contributed by atoms with Gasteiger partial charge in [-0.1, -0.05) is 30.1 Å². The van der Waals surface area contributed by atoms with Crippen molar-refractivity contribution < 1.29 is 13.2 Å². The van der Waals surface area contributed by atoms with Crippen LogP contribution in [0.1, 0.15) is 31.4 Å².